The molecule has 0 fully saturated rings. The van der Waals surface area contributed by atoms with Gasteiger partial charge in [0.25, 0.3) is 17.7 Å². The first kappa shape index (κ1) is 26.5. The molecule has 0 bridgehead atoms. The Morgan fingerprint density at radius 1 is 1.00 bits per heavy atom. The fraction of sp³-hybridized carbons (Fsp3) is 0.438. The molecule has 10 nitrogen and oxygen atoms in total. The van der Waals surface area contributed by atoms with Crippen LogP contribution < -0.4 is 20.7 Å². The van der Waals surface area contributed by atoms with E-state index in [0.717, 1.165) is 0 Å². The number of carbonyl (C=O) groups excluding carboxylic acids is 3. The molecule has 1 aromatic carbocycles. The molecule has 0 aliphatic rings. The summed E-state index contributed by atoms with van der Waals surface area (Å²) in [5, 5.41) is 34.8. The summed E-state index contributed by atoms with van der Waals surface area (Å²) in [5.74, 6) is -1.29. The van der Waals surface area contributed by atoms with E-state index in [1.807, 2.05) is 67.8 Å². The Hall–Kier alpha value is -0.500. The summed E-state index contributed by atoms with van der Waals surface area (Å²) >= 11 is 5.66. The Morgan fingerprint density at radius 3 is 2.03 bits per heavy atom. The molecule has 0 aromatic heterocycles. The molecule has 0 heterocycles. The number of amides is 3. The zero-order valence-corrected chi connectivity index (χ0v) is 21.7. The number of hydrogen-bond acceptors (Lipinski definition) is 7. The average molecular weight is 747 g/mol. The topological polar surface area (TPSA) is 157 Å². The quantitative estimate of drug-likeness (QED) is 0.175. The van der Waals surface area contributed by atoms with Gasteiger partial charge in [-0.3, -0.25) is 14.4 Å². The highest BCUT2D eigenvalue weighted by Gasteiger charge is 2.29. The minimum atomic E-state index is -1.13. The van der Waals surface area contributed by atoms with Crippen molar-refractivity contribution in [1.29, 1.82) is 0 Å². The molecule has 6 N–H and O–H groups in total. The van der Waals surface area contributed by atoms with Gasteiger partial charge in [-0.2, -0.15) is 0 Å². The Balaban J connectivity index is 3.46. The molecule has 1 aromatic rings. The summed E-state index contributed by atoms with van der Waals surface area (Å²) in [6.07, 6.45) is -1.13. The van der Waals surface area contributed by atoms with E-state index >= 15 is 0 Å². The van der Waals surface area contributed by atoms with Crippen LogP contribution in [0.25, 0.3) is 0 Å². The van der Waals surface area contributed by atoms with Crippen LogP contribution >= 0.6 is 67.8 Å². The lowest BCUT2D eigenvalue weighted by atomic mass is 10.1. The summed E-state index contributed by atoms with van der Waals surface area (Å²) in [5.41, 5.74) is 0.303. The SMILES string of the molecule is CNC(=O)COc1c(I)c(C(=O)NCCO)c(I)c(C(=O)NCC(O)CO)c1I. The monoisotopic (exact) mass is 747 g/mol. The minimum absolute atomic E-state index is 0.0234. The number of hydrogen-bond donors (Lipinski definition) is 6. The Labute approximate surface area is 207 Å². The molecule has 1 atom stereocenters. The van der Waals surface area contributed by atoms with Gasteiger partial charge in [0.05, 0.1) is 37.6 Å². The maximum absolute atomic E-state index is 12.7. The second-order valence-electron chi connectivity index (χ2n) is 5.51. The molecule has 0 saturated heterocycles. The van der Waals surface area contributed by atoms with E-state index in [-0.39, 0.29) is 43.2 Å². The van der Waals surface area contributed by atoms with Crippen molar-refractivity contribution >= 4 is 85.5 Å². The van der Waals surface area contributed by atoms with Gasteiger partial charge in [-0.05, 0) is 67.8 Å². The predicted molar refractivity (Wildman–Crippen MR) is 129 cm³/mol. The Bertz CT molecular complexity index is 777. The molecular weight excluding hydrogens is 727 g/mol. The van der Waals surface area contributed by atoms with E-state index in [1.165, 1.54) is 7.05 Å². The average Bonchev–Trinajstić information content (AvgIpc) is 2.69. The van der Waals surface area contributed by atoms with Crippen LogP contribution in [0.3, 0.4) is 0 Å². The van der Waals surface area contributed by atoms with E-state index in [9.17, 15) is 19.5 Å². The third-order valence-electron chi connectivity index (χ3n) is 3.46. The molecule has 13 heteroatoms. The van der Waals surface area contributed by atoms with E-state index < -0.39 is 30.4 Å². The number of nitrogens with one attached hydrogen (secondary N) is 3. The lowest BCUT2D eigenvalue weighted by Gasteiger charge is -2.19. The van der Waals surface area contributed by atoms with Gasteiger partial charge >= 0.3 is 0 Å². The van der Waals surface area contributed by atoms with Crippen LogP contribution in [0.4, 0.5) is 0 Å². The summed E-state index contributed by atoms with van der Waals surface area (Å²) in [6.45, 7) is -1.25. The van der Waals surface area contributed by atoms with Crippen molar-refractivity contribution in [3.8, 4) is 5.75 Å². The molecule has 162 valence electrons. The lowest BCUT2D eigenvalue weighted by Crippen LogP contribution is -2.36. The molecule has 0 aliphatic carbocycles. The van der Waals surface area contributed by atoms with Crippen LogP contribution in [0.1, 0.15) is 20.7 Å². The minimum Gasteiger partial charge on any atom is -0.481 e. The molecule has 3 amide bonds. The second kappa shape index (κ2) is 13.0. The van der Waals surface area contributed by atoms with Gasteiger partial charge in [-0.1, -0.05) is 0 Å². The standard InChI is InChI=1S/C16H20I3N3O7/c1-20-8(26)6-29-14-12(18)9(15(27)21-2-3-23)11(17)10(13(14)19)16(28)22-4-7(25)5-24/h7,23-25H,2-6H2,1H3,(H,20,26)(H,21,27)(H,22,28). The van der Waals surface area contributed by atoms with Crippen molar-refractivity contribution < 1.29 is 34.4 Å². The Kier molecular flexibility index (Phi) is 11.9. The molecule has 0 spiro atoms. The number of aliphatic hydroxyl groups is 3. The first-order valence-electron chi connectivity index (χ1n) is 8.19. The van der Waals surface area contributed by atoms with E-state index in [0.29, 0.717) is 10.7 Å². The van der Waals surface area contributed by atoms with Crippen molar-refractivity contribution in [2.45, 2.75) is 6.10 Å². The summed E-state index contributed by atoms with van der Waals surface area (Å²) in [4.78, 5) is 36.9. The third kappa shape index (κ3) is 7.30. The number of carbonyl (C=O) groups is 3. The van der Waals surface area contributed by atoms with E-state index in [1.54, 1.807) is 0 Å². The van der Waals surface area contributed by atoms with Crippen LogP contribution in [-0.2, 0) is 4.79 Å². The van der Waals surface area contributed by atoms with Crippen molar-refractivity contribution in [1.82, 2.24) is 16.0 Å². The first-order chi connectivity index (χ1) is 13.7. The fourth-order valence-electron chi connectivity index (χ4n) is 2.00. The zero-order chi connectivity index (χ0) is 22.1. The highest BCUT2D eigenvalue weighted by atomic mass is 127. The predicted octanol–water partition coefficient (Wildman–Crippen LogP) is -0.570. The summed E-state index contributed by atoms with van der Waals surface area (Å²) in [6, 6.07) is 0. The van der Waals surface area contributed by atoms with Crippen LogP contribution in [0.5, 0.6) is 5.75 Å². The van der Waals surface area contributed by atoms with Gasteiger partial charge in [0.2, 0.25) is 0 Å². The molecule has 1 rings (SSSR count). The van der Waals surface area contributed by atoms with Crippen molar-refractivity contribution in [2.24, 2.45) is 0 Å². The number of rotatable bonds is 10. The smallest absolute Gasteiger partial charge is 0.257 e. The number of ether oxygens (including phenoxy) is 1. The third-order valence-corrected chi connectivity index (χ3v) is 6.60. The van der Waals surface area contributed by atoms with Crippen LogP contribution in [0.2, 0.25) is 0 Å². The van der Waals surface area contributed by atoms with Gasteiger partial charge in [0.15, 0.2) is 6.61 Å². The van der Waals surface area contributed by atoms with Crippen molar-refractivity contribution in [3.63, 3.8) is 0 Å². The number of likely N-dealkylation sites (N-methyl/N-ethyl adjacent to an activating group) is 1. The van der Waals surface area contributed by atoms with Crippen LogP contribution in [-0.4, -0.2) is 79.1 Å². The maximum Gasteiger partial charge on any atom is 0.257 e. The Morgan fingerprint density at radius 2 is 1.55 bits per heavy atom. The molecule has 0 radical (unpaired) electrons. The molecule has 0 aliphatic heterocycles. The van der Waals surface area contributed by atoms with Crippen LogP contribution in [0.15, 0.2) is 0 Å². The van der Waals surface area contributed by atoms with Crippen molar-refractivity contribution in [3.05, 3.63) is 21.8 Å². The van der Waals surface area contributed by atoms with Gasteiger partial charge in [0.1, 0.15) is 5.75 Å². The highest BCUT2D eigenvalue weighted by Crippen LogP contribution is 2.37. The molecule has 1 unspecified atom stereocenters. The molecular formula is C16H20I3N3O7. The van der Waals surface area contributed by atoms with E-state index in [2.05, 4.69) is 16.0 Å². The largest absolute Gasteiger partial charge is 0.481 e. The first-order valence-corrected chi connectivity index (χ1v) is 11.4. The highest BCUT2D eigenvalue weighted by molar-refractivity contribution is 14.1. The fourth-order valence-corrected chi connectivity index (χ4v) is 6.46. The number of aliphatic hydroxyl groups excluding tert-OH is 3. The second-order valence-corrected chi connectivity index (χ2v) is 8.75. The van der Waals surface area contributed by atoms with E-state index in [4.69, 9.17) is 14.9 Å². The van der Waals surface area contributed by atoms with Crippen LogP contribution in [0, 0.1) is 10.7 Å². The maximum atomic E-state index is 12.7. The summed E-state index contributed by atoms with van der Waals surface area (Å²) in [7, 11) is 1.45. The van der Waals surface area contributed by atoms with Crippen molar-refractivity contribution in [2.75, 3.05) is 40.0 Å². The molecule has 29 heavy (non-hydrogen) atoms. The van der Waals surface area contributed by atoms with Gasteiger partial charge in [-0.25, -0.2) is 0 Å². The normalized spacial score (nSPS) is 11.6. The van der Waals surface area contributed by atoms with Gasteiger partial charge in [0, 0.05) is 23.7 Å². The summed E-state index contributed by atoms with van der Waals surface area (Å²) < 4.78 is 6.71. The van der Waals surface area contributed by atoms with Gasteiger partial charge < -0.3 is 36.0 Å². The van der Waals surface area contributed by atoms with Gasteiger partial charge in [-0.15, -0.1) is 0 Å². The zero-order valence-electron chi connectivity index (χ0n) is 15.2. The number of halogens is 3. The number of benzene rings is 1. The lowest BCUT2D eigenvalue weighted by molar-refractivity contribution is -0.122. The molecule has 0 saturated carbocycles.